The van der Waals surface area contributed by atoms with Gasteiger partial charge in [0.1, 0.15) is 0 Å². The number of hydrogen-bond donors (Lipinski definition) is 1. The molecule has 0 bridgehead atoms. The van der Waals surface area contributed by atoms with Crippen molar-refractivity contribution in [2.45, 2.75) is 25.8 Å². The van der Waals surface area contributed by atoms with Gasteiger partial charge in [-0.2, -0.15) is 11.3 Å². The lowest BCUT2D eigenvalue weighted by atomic mass is 10.2. The predicted molar refractivity (Wildman–Crippen MR) is 78.5 cm³/mol. The average Bonchev–Trinajstić information content (AvgIpc) is 2.97. The Labute approximate surface area is 120 Å². The number of thiophene rings is 2. The minimum atomic E-state index is 0.0254. The Morgan fingerprint density at radius 1 is 1.44 bits per heavy atom. The van der Waals surface area contributed by atoms with Crippen molar-refractivity contribution >= 4 is 40.2 Å². The van der Waals surface area contributed by atoms with Crippen LogP contribution in [0.25, 0.3) is 0 Å². The van der Waals surface area contributed by atoms with Gasteiger partial charge in [0.15, 0.2) is 0 Å². The van der Waals surface area contributed by atoms with Crippen molar-refractivity contribution in [1.82, 2.24) is 5.32 Å². The van der Waals surface area contributed by atoms with Gasteiger partial charge in [-0.1, -0.05) is 11.6 Å². The number of aryl methyl sites for hydroxylation is 1. The van der Waals surface area contributed by atoms with Crippen LogP contribution in [0.5, 0.6) is 0 Å². The number of halogens is 1. The highest BCUT2D eigenvalue weighted by atomic mass is 35.5. The third kappa shape index (κ3) is 3.83. The first-order valence-electron chi connectivity index (χ1n) is 5.71. The Morgan fingerprint density at radius 3 is 2.89 bits per heavy atom. The molecule has 1 amide bonds. The zero-order valence-electron chi connectivity index (χ0n) is 9.98. The summed E-state index contributed by atoms with van der Waals surface area (Å²) in [6.07, 6.45) is 1.33. The Bertz CT molecular complexity index is 507. The second-order valence-corrected chi connectivity index (χ2v) is 6.59. The van der Waals surface area contributed by atoms with Gasteiger partial charge in [-0.3, -0.25) is 4.79 Å². The van der Waals surface area contributed by atoms with Gasteiger partial charge < -0.3 is 5.32 Å². The molecular formula is C13H14ClNOS2. The molecule has 0 aliphatic carbocycles. The van der Waals surface area contributed by atoms with E-state index in [0.717, 1.165) is 15.6 Å². The van der Waals surface area contributed by atoms with Gasteiger partial charge in [0.05, 0.1) is 10.4 Å². The van der Waals surface area contributed by atoms with E-state index in [1.165, 1.54) is 16.9 Å². The van der Waals surface area contributed by atoms with E-state index in [1.54, 1.807) is 11.3 Å². The predicted octanol–water partition coefficient (Wildman–Crippen LogP) is 4.27. The van der Waals surface area contributed by atoms with Crippen LogP contribution in [0, 0.1) is 0 Å². The van der Waals surface area contributed by atoms with E-state index in [1.807, 2.05) is 24.4 Å². The topological polar surface area (TPSA) is 29.1 Å². The molecule has 2 rings (SSSR count). The van der Waals surface area contributed by atoms with Crippen molar-refractivity contribution in [3.8, 4) is 0 Å². The van der Waals surface area contributed by atoms with Crippen LogP contribution in [-0.2, 0) is 11.2 Å². The molecule has 0 saturated carbocycles. The van der Waals surface area contributed by atoms with E-state index in [0.29, 0.717) is 6.42 Å². The Morgan fingerprint density at radius 2 is 2.28 bits per heavy atom. The lowest BCUT2D eigenvalue weighted by molar-refractivity contribution is -0.121. The number of carbonyl (C=O) groups is 1. The molecule has 0 aromatic carbocycles. The van der Waals surface area contributed by atoms with Crippen molar-refractivity contribution < 1.29 is 4.79 Å². The molecule has 2 aromatic heterocycles. The van der Waals surface area contributed by atoms with Crippen LogP contribution in [0.15, 0.2) is 29.0 Å². The van der Waals surface area contributed by atoms with E-state index in [-0.39, 0.29) is 11.9 Å². The number of carbonyl (C=O) groups excluding carboxylic acids is 1. The molecule has 0 unspecified atom stereocenters. The van der Waals surface area contributed by atoms with Gasteiger partial charge in [-0.05, 0) is 47.9 Å². The molecule has 5 heteroatoms. The lowest BCUT2D eigenvalue weighted by Gasteiger charge is -2.11. The highest BCUT2D eigenvalue weighted by molar-refractivity contribution is 7.16. The first-order valence-corrected chi connectivity index (χ1v) is 7.84. The van der Waals surface area contributed by atoms with Gasteiger partial charge in [-0.25, -0.2) is 0 Å². The van der Waals surface area contributed by atoms with E-state index in [4.69, 9.17) is 11.6 Å². The summed E-state index contributed by atoms with van der Waals surface area (Å²) in [5, 5.41) is 7.10. The Balaban J connectivity index is 1.80. The maximum atomic E-state index is 11.8. The molecule has 96 valence electrons. The molecule has 0 saturated heterocycles. The van der Waals surface area contributed by atoms with Crippen molar-refractivity contribution in [2.24, 2.45) is 0 Å². The summed E-state index contributed by atoms with van der Waals surface area (Å²) < 4.78 is 0.754. The summed E-state index contributed by atoms with van der Waals surface area (Å²) in [4.78, 5) is 12.9. The maximum absolute atomic E-state index is 11.8. The van der Waals surface area contributed by atoms with Crippen LogP contribution in [0.4, 0.5) is 0 Å². The van der Waals surface area contributed by atoms with E-state index < -0.39 is 0 Å². The summed E-state index contributed by atoms with van der Waals surface area (Å²) in [6.45, 7) is 1.98. The quantitative estimate of drug-likeness (QED) is 0.877. The fourth-order valence-corrected chi connectivity index (χ4v) is 3.40. The molecule has 0 spiro atoms. The van der Waals surface area contributed by atoms with E-state index in [2.05, 4.69) is 16.8 Å². The van der Waals surface area contributed by atoms with Gasteiger partial charge >= 0.3 is 0 Å². The molecular weight excluding hydrogens is 286 g/mol. The van der Waals surface area contributed by atoms with Crippen LogP contribution in [-0.4, -0.2) is 5.91 Å². The average molecular weight is 300 g/mol. The molecule has 0 radical (unpaired) electrons. The molecule has 2 aromatic rings. The molecule has 2 nitrogen and oxygen atoms in total. The van der Waals surface area contributed by atoms with E-state index in [9.17, 15) is 4.79 Å². The summed E-state index contributed by atoms with van der Waals surface area (Å²) in [6, 6.07) is 5.89. The molecule has 1 N–H and O–H groups in total. The number of hydrogen-bond acceptors (Lipinski definition) is 3. The number of amides is 1. The van der Waals surface area contributed by atoms with Crippen molar-refractivity contribution in [3.63, 3.8) is 0 Å². The minimum Gasteiger partial charge on any atom is -0.349 e. The van der Waals surface area contributed by atoms with Gasteiger partial charge in [0.2, 0.25) is 5.91 Å². The standard InChI is InChI=1S/C13H14ClNOS2/c1-9(11-3-4-12(14)18-11)15-13(16)5-2-10-6-7-17-8-10/h3-4,6-9H,2,5H2,1H3,(H,15,16)/t9-/m1/s1. The third-order valence-corrected chi connectivity index (χ3v) is 4.77. The summed E-state index contributed by atoms with van der Waals surface area (Å²) in [5.41, 5.74) is 1.22. The fraction of sp³-hybridized carbons (Fsp3) is 0.308. The molecule has 0 fully saturated rings. The van der Waals surface area contributed by atoms with Crippen molar-refractivity contribution in [3.05, 3.63) is 43.7 Å². The van der Waals surface area contributed by atoms with Crippen molar-refractivity contribution in [2.75, 3.05) is 0 Å². The number of rotatable bonds is 5. The van der Waals surface area contributed by atoms with Crippen LogP contribution >= 0.6 is 34.3 Å². The number of nitrogens with one attached hydrogen (secondary N) is 1. The van der Waals surface area contributed by atoms with Crippen LogP contribution in [0.1, 0.15) is 29.8 Å². The molecule has 0 aliphatic rings. The largest absolute Gasteiger partial charge is 0.349 e. The smallest absolute Gasteiger partial charge is 0.220 e. The van der Waals surface area contributed by atoms with Crippen LogP contribution in [0.3, 0.4) is 0 Å². The Hall–Kier alpha value is -0.840. The van der Waals surface area contributed by atoms with Crippen molar-refractivity contribution in [1.29, 1.82) is 0 Å². The lowest BCUT2D eigenvalue weighted by Crippen LogP contribution is -2.26. The SMILES string of the molecule is C[C@@H](NC(=O)CCc1ccsc1)c1ccc(Cl)s1. The molecule has 18 heavy (non-hydrogen) atoms. The highest BCUT2D eigenvalue weighted by Gasteiger charge is 2.11. The zero-order valence-corrected chi connectivity index (χ0v) is 12.4. The monoisotopic (exact) mass is 299 g/mol. The summed E-state index contributed by atoms with van der Waals surface area (Å²) in [5.74, 6) is 0.0817. The Kier molecular flexibility index (Phi) is 4.80. The highest BCUT2D eigenvalue weighted by Crippen LogP contribution is 2.26. The van der Waals surface area contributed by atoms with Gasteiger partial charge in [0, 0.05) is 11.3 Å². The minimum absolute atomic E-state index is 0.0254. The van der Waals surface area contributed by atoms with E-state index >= 15 is 0 Å². The van der Waals surface area contributed by atoms with Crippen LogP contribution in [0.2, 0.25) is 4.34 Å². The second-order valence-electron chi connectivity index (χ2n) is 4.06. The molecule has 0 aliphatic heterocycles. The summed E-state index contributed by atoms with van der Waals surface area (Å²) in [7, 11) is 0. The third-order valence-electron chi connectivity index (χ3n) is 2.62. The fourth-order valence-electron chi connectivity index (χ4n) is 1.64. The first-order chi connectivity index (χ1) is 8.65. The van der Waals surface area contributed by atoms with Gasteiger partial charge in [0.25, 0.3) is 0 Å². The normalized spacial score (nSPS) is 12.3. The maximum Gasteiger partial charge on any atom is 0.220 e. The van der Waals surface area contributed by atoms with Gasteiger partial charge in [-0.15, -0.1) is 11.3 Å². The zero-order chi connectivity index (χ0) is 13.0. The van der Waals surface area contributed by atoms with Crippen LogP contribution < -0.4 is 5.32 Å². The first kappa shape index (κ1) is 13.6. The second kappa shape index (κ2) is 6.36. The summed E-state index contributed by atoms with van der Waals surface area (Å²) >= 11 is 9.04. The molecule has 1 atom stereocenters. The molecule has 2 heterocycles.